The number of rotatable bonds is 7. The lowest BCUT2D eigenvalue weighted by Gasteiger charge is -2.32. The molecule has 1 aliphatic heterocycles. The lowest BCUT2D eigenvalue weighted by atomic mass is 10.1. The second kappa shape index (κ2) is 8.41. The van der Waals surface area contributed by atoms with Crippen molar-refractivity contribution in [3.8, 4) is 0 Å². The van der Waals surface area contributed by atoms with Gasteiger partial charge >= 0.3 is 0 Å². The van der Waals surface area contributed by atoms with E-state index < -0.39 is 0 Å². The van der Waals surface area contributed by atoms with Crippen molar-refractivity contribution in [2.45, 2.75) is 25.8 Å². The number of nitrogens with zero attached hydrogens (tertiary/aromatic N) is 3. The smallest absolute Gasteiger partial charge is 0.141 e. The van der Waals surface area contributed by atoms with E-state index in [0.29, 0.717) is 0 Å². The molecule has 0 aromatic carbocycles. The Morgan fingerprint density at radius 2 is 2.05 bits per heavy atom. The Balaban J connectivity index is 1.67. The van der Waals surface area contributed by atoms with Gasteiger partial charge in [0.1, 0.15) is 5.82 Å². The lowest BCUT2D eigenvalue weighted by molar-refractivity contribution is 0.152. The van der Waals surface area contributed by atoms with Crippen LogP contribution in [0.1, 0.15) is 31.5 Å². The van der Waals surface area contributed by atoms with Gasteiger partial charge in [0.25, 0.3) is 0 Å². The molecule has 0 aliphatic carbocycles. The third kappa shape index (κ3) is 5.34. The molecule has 0 spiro atoms. The predicted octanol–water partition coefficient (Wildman–Crippen LogP) is 1.90. The first-order valence-corrected chi connectivity index (χ1v) is 7.94. The molecule has 1 saturated heterocycles. The van der Waals surface area contributed by atoms with Crippen molar-refractivity contribution in [1.29, 1.82) is 0 Å². The van der Waals surface area contributed by atoms with Gasteiger partial charge in [-0.05, 0) is 45.1 Å². The van der Waals surface area contributed by atoms with Crippen molar-refractivity contribution < 1.29 is 4.39 Å². The van der Waals surface area contributed by atoms with Gasteiger partial charge in [-0.3, -0.25) is 4.98 Å². The van der Waals surface area contributed by atoms with E-state index in [2.05, 4.69) is 34.1 Å². The Labute approximate surface area is 127 Å². The summed E-state index contributed by atoms with van der Waals surface area (Å²) in [6.07, 6.45) is 3.40. The molecule has 0 amide bonds. The molecule has 1 aromatic rings. The first-order chi connectivity index (χ1) is 10.2. The molecule has 1 atom stereocenters. The normalized spacial score (nSPS) is 18.8. The second-order valence-electron chi connectivity index (χ2n) is 5.81. The standard InChI is InChI=1S/C16H27FN4/c1-3-15(16-6-5-14(17)13-19-16)18-7-4-8-21-11-9-20(2)10-12-21/h5-6,13,15,18H,3-4,7-12H2,1-2H3. The Morgan fingerprint density at radius 1 is 1.29 bits per heavy atom. The van der Waals surface area contributed by atoms with E-state index in [4.69, 9.17) is 0 Å². The number of halogens is 1. The van der Waals surface area contributed by atoms with Gasteiger partial charge in [0.05, 0.1) is 11.9 Å². The topological polar surface area (TPSA) is 31.4 Å². The largest absolute Gasteiger partial charge is 0.309 e. The van der Waals surface area contributed by atoms with Gasteiger partial charge in [0.2, 0.25) is 0 Å². The van der Waals surface area contributed by atoms with E-state index in [-0.39, 0.29) is 11.9 Å². The van der Waals surface area contributed by atoms with Crippen molar-refractivity contribution in [3.63, 3.8) is 0 Å². The van der Waals surface area contributed by atoms with Gasteiger partial charge in [-0.15, -0.1) is 0 Å². The molecule has 0 radical (unpaired) electrons. The van der Waals surface area contributed by atoms with E-state index >= 15 is 0 Å². The van der Waals surface area contributed by atoms with Gasteiger partial charge in [0.15, 0.2) is 0 Å². The van der Waals surface area contributed by atoms with Crippen LogP contribution in [0.15, 0.2) is 18.3 Å². The van der Waals surface area contributed by atoms with Gasteiger partial charge in [0, 0.05) is 32.2 Å². The first kappa shape index (κ1) is 16.3. The first-order valence-electron chi connectivity index (χ1n) is 7.94. The fourth-order valence-corrected chi connectivity index (χ4v) is 2.70. The van der Waals surface area contributed by atoms with Crippen LogP contribution in [-0.2, 0) is 0 Å². The molecule has 0 saturated carbocycles. The van der Waals surface area contributed by atoms with Gasteiger partial charge in [-0.1, -0.05) is 6.92 Å². The van der Waals surface area contributed by atoms with Crippen LogP contribution in [0.25, 0.3) is 0 Å². The zero-order valence-corrected chi connectivity index (χ0v) is 13.2. The Bertz CT molecular complexity index is 401. The predicted molar refractivity (Wildman–Crippen MR) is 83.8 cm³/mol. The van der Waals surface area contributed by atoms with Crippen LogP contribution in [0.3, 0.4) is 0 Å². The van der Waals surface area contributed by atoms with Crippen molar-refractivity contribution in [1.82, 2.24) is 20.1 Å². The van der Waals surface area contributed by atoms with Crippen LogP contribution in [0.4, 0.5) is 4.39 Å². The highest BCUT2D eigenvalue weighted by atomic mass is 19.1. The Hall–Kier alpha value is -1.04. The van der Waals surface area contributed by atoms with Crippen LogP contribution >= 0.6 is 0 Å². The molecule has 1 aromatic heterocycles. The number of pyridine rings is 1. The van der Waals surface area contributed by atoms with Crippen molar-refractivity contribution >= 4 is 0 Å². The quantitative estimate of drug-likeness (QED) is 0.778. The molecule has 0 bridgehead atoms. The highest BCUT2D eigenvalue weighted by Gasteiger charge is 2.14. The summed E-state index contributed by atoms with van der Waals surface area (Å²) in [5, 5.41) is 3.53. The monoisotopic (exact) mass is 294 g/mol. The second-order valence-corrected chi connectivity index (χ2v) is 5.81. The number of piperazine rings is 1. The lowest BCUT2D eigenvalue weighted by Crippen LogP contribution is -2.45. The van der Waals surface area contributed by atoms with E-state index in [9.17, 15) is 4.39 Å². The SMILES string of the molecule is CCC(NCCCN1CCN(C)CC1)c1ccc(F)cn1. The average Bonchev–Trinajstić information content (AvgIpc) is 2.50. The number of aromatic nitrogens is 1. The van der Waals surface area contributed by atoms with Gasteiger partial charge in [-0.2, -0.15) is 0 Å². The number of hydrogen-bond acceptors (Lipinski definition) is 4. The molecular formula is C16H27FN4. The van der Waals surface area contributed by atoms with E-state index in [1.54, 1.807) is 6.07 Å². The minimum absolute atomic E-state index is 0.220. The molecule has 1 unspecified atom stereocenters. The van der Waals surface area contributed by atoms with Gasteiger partial charge in [-0.25, -0.2) is 4.39 Å². The average molecular weight is 294 g/mol. The van der Waals surface area contributed by atoms with E-state index in [1.165, 1.54) is 38.4 Å². The molecule has 21 heavy (non-hydrogen) atoms. The number of likely N-dealkylation sites (N-methyl/N-ethyl adjacent to an activating group) is 1. The third-order valence-corrected chi connectivity index (χ3v) is 4.15. The van der Waals surface area contributed by atoms with Crippen molar-refractivity contribution in [3.05, 3.63) is 29.8 Å². The molecule has 2 rings (SSSR count). The molecule has 1 N–H and O–H groups in total. The molecule has 1 aliphatic rings. The van der Waals surface area contributed by atoms with E-state index in [0.717, 1.165) is 31.6 Å². The van der Waals surface area contributed by atoms with Crippen molar-refractivity contribution in [2.24, 2.45) is 0 Å². The number of nitrogens with one attached hydrogen (secondary N) is 1. The summed E-state index contributed by atoms with van der Waals surface area (Å²) in [6.45, 7) is 8.94. The highest BCUT2D eigenvalue weighted by Crippen LogP contribution is 2.14. The van der Waals surface area contributed by atoms with Gasteiger partial charge < -0.3 is 15.1 Å². The summed E-state index contributed by atoms with van der Waals surface area (Å²) in [4.78, 5) is 9.08. The summed E-state index contributed by atoms with van der Waals surface area (Å²) in [6, 6.07) is 3.48. The Kier molecular flexibility index (Phi) is 6.54. The molecule has 5 heteroatoms. The molecule has 4 nitrogen and oxygen atoms in total. The van der Waals surface area contributed by atoms with Crippen LogP contribution in [0.2, 0.25) is 0 Å². The van der Waals surface area contributed by atoms with Crippen LogP contribution < -0.4 is 5.32 Å². The minimum atomic E-state index is -0.274. The summed E-state index contributed by atoms with van der Waals surface area (Å²) < 4.78 is 12.9. The van der Waals surface area contributed by atoms with Crippen LogP contribution in [-0.4, -0.2) is 61.1 Å². The summed E-state index contributed by atoms with van der Waals surface area (Å²) in [5.74, 6) is -0.274. The fourth-order valence-electron chi connectivity index (χ4n) is 2.70. The summed E-state index contributed by atoms with van der Waals surface area (Å²) >= 11 is 0. The molecule has 1 fully saturated rings. The van der Waals surface area contributed by atoms with E-state index in [1.807, 2.05) is 0 Å². The third-order valence-electron chi connectivity index (χ3n) is 4.15. The van der Waals surface area contributed by atoms with Crippen LogP contribution in [0, 0.1) is 5.82 Å². The zero-order valence-electron chi connectivity index (χ0n) is 13.2. The maximum atomic E-state index is 12.9. The fraction of sp³-hybridized carbons (Fsp3) is 0.688. The highest BCUT2D eigenvalue weighted by molar-refractivity contribution is 5.09. The zero-order chi connectivity index (χ0) is 15.1. The number of hydrogen-bond donors (Lipinski definition) is 1. The maximum Gasteiger partial charge on any atom is 0.141 e. The molecule has 2 heterocycles. The summed E-state index contributed by atoms with van der Waals surface area (Å²) in [5.41, 5.74) is 0.929. The summed E-state index contributed by atoms with van der Waals surface area (Å²) in [7, 11) is 2.18. The molecule has 118 valence electrons. The van der Waals surface area contributed by atoms with Crippen LogP contribution in [0.5, 0.6) is 0 Å². The minimum Gasteiger partial charge on any atom is -0.309 e. The Morgan fingerprint density at radius 3 is 2.67 bits per heavy atom. The molecular weight excluding hydrogens is 267 g/mol. The maximum absolute atomic E-state index is 12.9. The van der Waals surface area contributed by atoms with Crippen molar-refractivity contribution in [2.75, 3.05) is 46.3 Å².